The van der Waals surface area contributed by atoms with Crippen LogP contribution in [0.3, 0.4) is 0 Å². The Kier molecular flexibility index (Phi) is 8.08. The van der Waals surface area contributed by atoms with Crippen LogP contribution in [-0.4, -0.2) is 30.7 Å². The summed E-state index contributed by atoms with van der Waals surface area (Å²) in [5.74, 6) is 0.583. The number of hydrazone groups is 1. The molecule has 0 saturated heterocycles. The normalized spacial score (nSPS) is 11.9. The number of halogens is 2. The molecule has 32 heavy (non-hydrogen) atoms. The fourth-order valence-corrected chi connectivity index (χ4v) is 3.58. The summed E-state index contributed by atoms with van der Waals surface area (Å²) in [7, 11) is 0. The predicted octanol–water partition coefficient (Wildman–Crippen LogP) is 4.70. The third-order valence-corrected chi connectivity index (χ3v) is 5.32. The van der Waals surface area contributed by atoms with Gasteiger partial charge in [0, 0.05) is 10.0 Å². The van der Waals surface area contributed by atoms with Gasteiger partial charge < -0.3 is 14.5 Å². The third kappa shape index (κ3) is 6.45. The van der Waals surface area contributed by atoms with Crippen LogP contribution >= 0.6 is 27.5 Å². The molecule has 0 fully saturated rings. The zero-order valence-electron chi connectivity index (χ0n) is 17.4. The van der Waals surface area contributed by atoms with E-state index in [1.54, 1.807) is 30.3 Å². The Morgan fingerprint density at radius 1 is 1.22 bits per heavy atom. The molecule has 2 aromatic carbocycles. The van der Waals surface area contributed by atoms with Crippen LogP contribution in [0.4, 0.5) is 0 Å². The van der Waals surface area contributed by atoms with E-state index < -0.39 is 17.9 Å². The van der Waals surface area contributed by atoms with Crippen molar-refractivity contribution in [1.82, 2.24) is 10.7 Å². The molecule has 1 heterocycles. The minimum atomic E-state index is -0.815. The number of benzene rings is 2. The monoisotopic (exact) mass is 517 g/mol. The van der Waals surface area contributed by atoms with Gasteiger partial charge in [-0.1, -0.05) is 45.7 Å². The van der Waals surface area contributed by atoms with Crippen molar-refractivity contribution in [1.29, 1.82) is 0 Å². The van der Waals surface area contributed by atoms with Crippen LogP contribution in [-0.2, 0) is 9.59 Å². The smallest absolute Gasteiger partial charge is 0.262 e. The first-order valence-corrected chi connectivity index (χ1v) is 10.9. The lowest BCUT2D eigenvalue weighted by Gasteiger charge is -2.13. The summed E-state index contributed by atoms with van der Waals surface area (Å²) < 4.78 is 12.0. The Bertz CT molecular complexity index is 1150. The number of carbonyl (C=O) groups excluding carboxylic acids is 2. The van der Waals surface area contributed by atoms with Gasteiger partial charge in [0.1, 0.15) is 23.3 Å². The highest BCUT2D eigenvalue weighted by atomic mass is 79.9. The topological polar surface area (TPSA) is 92.9 Å². The minimum absolute atomic E-state index is 0.269. The lowest BCUT2D eigenvalue weighted by atomic mass is 10.1. The van der Waals surface area contributed by atoms with Crippen LogP contribution in [0.5, 0.6) is 5.75 Å². The zero-order chi connectivity index (χ0) is 23.1. The van der Waals surface area contributed by atoms with Gasteiger partial charge >= 0.3 is 0 Å². The maximum Gasteiger partial charge on any atom is 0.262 e. The Balaban J connectivity index is 1.48. The summed E-state index contributed by atoms with van der Waals surface area (Å²) >= 11 is 9.50. The van der Waals surface area contributed by atoms with Crippen LogP contribution < -0.4 is 15.5 Å². The van der Waals surface area contributed by atoms with Gasteiger partial charge in [0.05, 0.1) is 11.2 Å². The van der Waals surface area contributed by atoms with Crippen LogP contribution in [0.15, 0.2) is 68.6 Å². The van der Waals surface area contributed by atoms with Crippen molar-refractivity contribution in [2.45, 2.75) is 19.9 Å². The molecule has 0 aliphatic carbocycles. The number of nitrogens with zero attached hydrogens (tertiary/aromatic N) is 1. The van der Waals surface area contributed by atoms with Gasteiger partial charge in [-0.15, -0.1) is 0 Å². The third-order valence-electron chi connectivity index (χ3n) is 4.35. The van der Waals surface area contributed by atoms with Gasteiger partial charge in [0.15, 0.2) is 6.61 Å². The zero-order valence-corrected chi connectivity index (χ0v) is 19.7. The van der Waals surface area contributed by atoms with E-state index in [1.165, 1.54) is 13.1 Å². The number of para-hydroxylation sites is 1. The van der Waals surface area contributed by atoms with E-state index in [0.717, 1.165) is 15.6 Å². The van der Waals surface area contributed by atoms with E-state index >= 15 is 0 Å². The molecule has 1 aromatic heterocycles. The van der Waals surface area contributed by atoms with Crippen molar-refractivity contribution in [3.8, 4) is 17.1 Å². The van der Waals surface area contributed by atoms with Crippen LogP contribution in [0.25, 0.3) is 11.3 Å². The van der Waals surface area contributed by atoms with E-state index in [-0.39, 0.29) is 6.61 Å². The first kappa shape index (κ1) is 23.6. The first-order valence-electron chi connectivity index (χ1n) is 9.69. The second kappa shape index (κ2) is 11.0. The summed E-state index contributed by atoms with van der Waals surface area (Å²) in [6, 6.07) is 15.5. The summed E-state index contributed by atoms with van der Waals surface area (Å²) in [6.45, 7) is 3.28. The number of hydrogen-bond acceptors (Lipinski definition) is 5. The standard InChI is InChI=1S/C23H21BrClN3O4/c1-14-7-9-17(18(24)11-14)20-10-8-16(32-20)12-26-28-23(30)15(2)27-22(29)13-31-21-6-4-3-5-19(21)25/h3-12,15H,13H2,1-2H3,(H,27,29)(H,28,30)/b26-12-/t15-/m0/s1. The molecule has 0 bridgehead atoms. The van der Waals surface area contributed by atoms with Gasteiger partial charge in [-0.3, -0.25) is 9.59 Å². The number of ether oxygens (including phenoxy) is 1. The SMILES string of the molecule is Cc1ccc(-c2ccc(/C=N\NC(=O)[C@H](C)NC(=O)COc3ccccc3Cl)o2)c(Br)c1. The second-order valence-corrected chi connectivity index (χ2v) is 8.19. The first-order chi connectivity index (χ1) is 15.3. The lowest BCUT2D eigenvalue weighted by molar-refractivity contribution is -0.129. The van der Waals surface area contributed by atoms with Crippen molar-refractivity contribution >= 4 is 45.6 Å². The molecule has 166 valence electrons. The molecule has 0 aliphatic heterocycles. The van der Waals surface area contributed by atoms with E-state index in [9.17, 15) is 9.59 Å². The Morgan fingerprint density at radius 3 is 2.75 bits per heavy atom. The Morgan fingerprint density at radius 2 is 2.00 bits per heavy atom. The molecular formula is C23H21BrClN3O4. The molecule has 0 radical (unpaired) electrons. The average molecular weight is 519 g/mol. The number of amides is 2. The summed E-state index contributed by atoms with van der Waals surface area (Å²) in [4.78, 5) is 24.2. The van der Waals surface area contributed by atoms with Gasteiger partial charge in [-0.25, -0.2) is 5.43 Å². The second-order valence-electron chi connectivity index (χ2n) is 6.93. The maximum absolute atomic E-state index is 12.2. The highest BCUT2D eigenvalue weighted by molar-refractivity contribution is 9.10. The van der Waals surface area contributed by atoms with Gasteiger partial charge in [0.2, 0.25) is 0 Å². The molecule has 2 N–H and O–H groups in total. The molecule has 0 aliphatic rings. The lowest BCUT2D eigenvalue weighted by Crippen LogP contribution is -2.45. The highest BCUT2D eigenvalue weighted by Crippen LogP contribution is 2.30. The molecule has 2 amide bonds. The Hall–Kier alpha value is -3.10. The number of nitrogens with one attached hydrogen (secondary N) is 2. The molecule has 0 spiro atoms. The molecule has 1 atom stereocenters. The summed E-state index contributed by atoms with van der Waals surface area (Å²) in [5.41, 5.74) is 4.42. The molecule has 0 unspecified atom stereocenters. The molecule has 7 nitrogen and oxygen atoms in total. The molecule has 3 aromatic rings. The average Bonchev–Trinajstić information content (AvgIpc) is 3.21. The number of rotatable bonds is 8. The van der Waals surface area contributed by atoms with Crippen molar-refractivity contribution in [2.75, 3.05) is 6.61 Å². The quantitative estimate of drug-likeness (QED) is 0.334. The van der Waals surface area contributed by atoms with Crippen molar-refractivity contribution in [2.24, 2.45) is 5.10 Å². The van der Waals surface area contributed by atoms with Crippen LogP contribution in [0, 0.1) is 6.92 Å². The molecule has 9 heteroatoms. The minimum Gasteiger partial charge on any atom is -0.482 e. The number of carbonyl (C=O) groups is 2. The van der Waals surface area contributed by atoms with E-state index in [0.29, 0.717) is 22.3 Å². The summed E-state index contributed by atoms with van der Waals surface area (Å²) in [6.07, 6.45) is 1.39. The van der Waals surface area contributed by atoms with E-state index in [4.69, 9.17) is 20.8 Å². The van der Waals surface area contributed by atoms with E-state index in [2.05, 4.69) is 31.8 Å². The van der Waals surface area contributed by atoms with Crippen molar-refractivity contribution in [3.63, 3.8) is 0 Å². The van der Waals surface area contributed by atoms with E-state index in [1.807, 2.05) is 31.2 Å². The van der Waals surface area contributed by atoms with Crippen LogP contribution in [0.1, 0.15) is 18.2 Å². The van der Waals surface area contributed by atoms with Gasteiger partial charge in [0.25, 0.3) is 11.8 Å². The Labute approximate surface area is 198 Å². The number of hydrogen-bond donors (Lipinski definition) is 2. The molecule has 0 saturated carbocycles. The van der Waals surface area contributed by atoms with Crippen molar-refractivity contribution in [3.05, 3.63) is 75.4 Å². The largest absolute Gasteiger partial charge is 0.482 e. The fourth-order valence-electron chi connectivity index (χ4n) is 2.70. The molecule has 3 rings (SSSR count). The maximum atomic E-state index is 12.2. The predicted molar refractivity (Wildman–Crippen MR) is 127 cm³/mol. The number of furan rings is 1. The summed E-state index contributed by atoms with van der Waals surface area (Å²) in [5, 5.41) is 6.82. The van der Waals surface area contributed by atoms with Crippen LogP contribution in [0.2, 0.25) is 5.02 Å². The van der Waals surface area contributed by atoms with Crippen molar-refractivity contribution < 1.29 is 18.7 Å². The highest BCUT2D eigenvalue weighted by Gasteiger charge is 2.16. The van der Waals surface area contributed by atoms with Gasteiger partial charge in [-0.05, 0) is 55.8 Å². The number of aryl methyl sites for hydroxylation is 1. The molecular weight excluding hydrogens is 498 g/mol. The van der Waals surface area contributed by atoms with Gasteiger partial charge in [-0.2, -0.15) is 5.10 Å². The fraction of sp³-hybridized carbons (Fsp3) is 0.174.